The van der Waals surface area contributed by atoms with Gasteiger partial charge in [-0.15, -0.1) is 23.1 Å². The highest BCUT2D eigenvalue weighted by molar-refractivity contribution is 7.99. The molecule has 0 bridgehead atoms. The molecule has 2 aromatic rings. The van der Waals surface area contributed by atoms with E-state index >= 15 is 0 Å². The molecule has 5 heteroatoms. The van der Waals surface area contributed by atoms with E-state index in [4.69, 9.17) is 4.74 Å². The zero-order chi connectivity index (χ0) is 15.4. The van der Waals surface area contributed by atoms with Gasteiger partial charge in [-0.3, -0.25) is 4.79 Å². The SMILES string of the molecule is CCSc1ccccc1NC(=O)c1ccc(C2CCCO2)s1. The zero-order valence-electron chi connectivity index (χ0n) is 12.5. The minimum absolute atomic E-state index is 0.0431. The number of hydrogen-bond donors (Lipinski definition) is 1. The number of rotatable bonds is 5. The summed E-state index contributed by atoms with van der Waals surface area (Å²) in [6.07, 6.45) is 2.33. The highest BCUT2D eigenvalue weighted by Gasteiger charge is 2.21. The number of hydrogen-bond acceptors (Lipinski definition) is 4. The maximum absolute atomic E-state index is 12.4. The van der Waals surface area contributed by atoms with Gasteiger partial charge in [-0.05, 0) is 42.9 Å². The largest absolute Gasteiger partial charge is 0.373 e. The molecule has 1 aliphatic rings. The summed E-state index contributed by atoms with van der Waals surface area (Å²) < 4.78 is 5.68. The van der Waals surface area contributed by atoms with Crippen LogP contribution in [0.15, 0.2) is 41.3 Å². The number of thioether (sulfide) groups is 1. The van der Waals surface area contributed by atoms with Crippen molar-refractivity contribution in [2.24, 2.45) is 0 Å². The highest BCUT2D eigenvalue weighted by Crippen LogP contribution is 2.34. The monoisotopic (exact) mass is 333 g/mol. The number of amides is 1. The van der Waals surface area contributed by atoms with Crippen LogP contribution in [0.3, 0.4) is 0 Å². The number of nitrogens with one attached hydrogen (secondary N) is 1. The third kappa shape index (κ3) is 3.54. The molecule has 0 saturated carbocycles. The van der Waals surface area contributed by atoms with Gasteiger partial charge in [0.25, 0.3) is 5.91 Å². The number of anilines is 1. The van der Waals surface area contributed by atoms with Crippen LogP contribution in [0.2, 0.25) is 0 Å². The van der Waals surface area contributed by atoms with Gasteiger partial charge in [0.1, 0.15) is 0 Å². The van der Waals surface area contributed by atoms with Crippen molar-refractivity contribution in [1.82, 2.24) is 0 Å². The average Bonchev–Trinajstić information content (AvgIpc) is 3.20. The summed E-state index contributed by atoms with van der Waals surface area (Å²) in [7, 11) is 0. The number of ether oxygens (including phenoxy) is 1. The Morgan fingerprint density at radius 3 is 3.00 bits per heavy atom. The fraction of sp³-hybridized carbons (Fsp3) is 0.353. The van der Waals surface area contributed by atoms with E-state index in [0.717, 1.165) is 45.5 Å². The average molecular weight is 333 g/mol. The van der Waals surface area contributed by atoms with E-state index in [0.29, 0.717) is 0 Å². The molecule has 3 rings (SSSR count). The topological polar surface area (TPSA) is 38.3 Å². The number of benzene rings is 1. The molecule has 0 spiro atoms. The second kappa shape index (κ2) is 7.31. The molecule has 1 aromatic heterocycles. The summed E-state index contributed by atoms with van der Waals surface area (Å²) in [6.45, 7) is 2.93. The fourth-order valence-corrected chi connectivity index (χ4v) is 4.23. The standard InChI is InChI=1S/C17H19NO2S2/c1-2-21-14-8-4-3-6-12(14)18-17(19)16-10-9-15(22-16)13-7-5-11-20-13/h3-4,6,8-10,13H,2,5,7,11H2,1H3,(H,18,19). The summed E-state index contributed by atoms with van der Waals surface area (Å²) in [5.41, 5.74) is 0.881. The van der Waals surface area contributed by atoms with E-state index < -0.39 is 0 Å². The lowest BCUT2D eigenvalue weighted by molar-refractivity contribution is 0.103. The normalized spacial score (nSPS) is 17.6. The second-order valence-electron chi connectivity index (χ2n) is 5.09. The van der Waals surface area contributed by atoms with Crippen LogP contribution >= 0.6 is 23.1 Å². The first-order chi connectivity index (χ1) is 10.8. The number of para-hydroxylation sites is 1. The molecule has 0 radical (unpaired) electrons. The van der Waals surface area contributed by atoms with Crippen molar-refractivity contribution >= 4 is 34.7 Å². The maximum Gasteiger partial charge on any atom is 0.265 e. The molecular formula is C17H19NO2S2. The minimum Gasteiger partial charge on any atom is -0.373 e. The lowest BCUT2D eigenvalue weighted by Crippen LogP contribution is -2.10. The predicted octanol–water partition coefficient (Wildman–Crippen LogP) is 4.96. The van der Waals surface area contributed by atoms with Crippen molar-refractivity contribution in [1.29, 1.82) is 0 Å². The summed E-state index contributed by atoms with van der Waals surface area (Å²) in [5.74, 6) is 0.938. The Hall–Kier alpha value is -1.30. The minimum atomic E-state index is -0.0431. The van der Waals surface area contributed by atoms with Gasteiger partial charge in [-0.25, -0.2) is 0 Å². The van der Waals surface area contributed by atoms with Crippen molar-refractivity contribution in [2.75, 3.05) is 17.7 Å². The van der Waals surface area contributed by atoms with Gasteiger partial charge in [-0.1, -0.05) is 19.1 Å². The molecule has 1 atom stereocenters. The smallest absolute Gasteiger partial charge is 0.265 e. The molecule has 116 valence electrons. The van der Waals surface area contributed by atoms with Crippen LogP contribution in [0, 0.1) is 0 Å². The molecule has 22 heavy (non-hydrogen) atoms. The molecule has 1 amide bonds. The van der Waals surface area contributed by atoms with Crippen molar-refractivity contribution in [2.45, 2.75) is 30.8 Å². The van der Waals surface area contributed by atoms with E-state index in [1.165, 1.54) is 11.3 Å². The Morgan fingerprint density at radius 2 is 2.23 bits per heavy atom. The molecule has 2 heterocycles. The van der Waals surface area contributed by atoms with Crippen LogP contribution in [0.1, 0.15) is 40.4 Å². The van der Waals surface area contributed by atoms with Crippen LogP contribution in [0.5, 0.6) is 0 Å². The van der Waals surface area contributed by atoms with Gasteiger partial charge in [0.2, 0.25) is 0 Å². The molecule has 1 saturated heterocycles. The Labute approximate surface area is 139 Å². The Kier molecular flexibility index (Phi) is 5.18. The first-order valence-corrected chi connectivity index (χ1v) is 9.32. The Balaban J connectivity index is 1.72. The Morgan fingerprint density at radius 1 is 1.36 bits per heavy atom. The third-order valence-electron chi connectivity index (χ3n) is 3.53. The third-order valence-corrected chi connectivity index (χ3v) is 5.66. The van der Waals surface area contributed by atoms with Crippen LogP contribution in [-0.4, -0.2) is 18.3 Å². The number of carbonyl (C=O) groups is 1. The molecule has 1 aromatic carbocycles. The van der Waals surface area contributed by atoms with Gasteiger partial charge < -0.3 is 10.1 Å². The van der Waals surface area contributed by atoms with Crippen molar-refractivity contribution in [3.63, 3.8) is 0 Å². The van der Waals surface area contributed by atoms with Gasteiger partial charge in [0.15, 0.2) is 0 Å². The highest BCUT2D eigenvalue weighted by atomic mass is 32.2. The Bertz CT molecular complexity index is 648. The molecule has 1 fully saturated rings. The molecule has 0 aliphatic carbocycles. The van der Waals surface area contributed by atoms with Crippen LogP contribution in [-0.2, 0) is 4.74 Å². The number of carbonyl (C=O) groups excluding carboxylic acids is 1. The maximum atomic E-state index is 12.4. The van der Waals surface area contributed by atoms with Gasteiger partial charge in [0, 0.05) is 16.4 Å². The van der Waals surface area contributed by atoms with Gasteiger partial charge >= 0.3 is 0 Å². The predicted molar refractivity (Wildman–Crippen MR) is 93.0 cm³/mol. The van der Waals surface area contributed by atoms with E-state index in [-0.39, 0.29) is 12.0 Å². The first kappa shape index (κ1) is 15.6. The van der Waals surface area contributed by atoms with Crippen LogP contribution < -0.4 is 5.32 Å². The summed E-state index contributed by atoms with van der Waals surface area (Å²) in [6, 6.07) is 11.8. The second-order valence-corrected chi connectivity index (χ2v) is 7.51. The molecule has 1 aliphatic heterocycles. The van der Waals surface area contributed by atoms with Crippen molar-refractivity contribution in [3.8, 4) is 0 Å². The van der Waals surface area contributed by atoms with Crippen molar-refractivity contribution in [3.05, 3.63) is 46.2 Å². The number of thiophene rings is 1. The summed E-state index contributed by atoms with van der Waals surface area (Å²) >= 11 is 3.27. The molecule has 1 N–H and O–H groups in total. The molecular weight excluding hydrogens is 314 g/mol. The van der Waals surface area contributed by atoms with E-state index in [2.05, 4.69) is 12.2 Å². The van der Waals surface area contributed by atoms with Crippen LogP contribution in [0.4, 0.5) is 5.69 Å². The molecule has 3 nitrogen and oxygen atoms in total. The van der Waals surface area contributed by atoms with Gasteiger partial charge in [-0.2, -0.15) is 0 Å². The van der Waals surface area contributed by atoms with Gasteiger partial charge in [0.05, 0.1) is 16.7 Å². The van der Waals surface area contributed by atoms with E-state index in [1.54, 1.807) is 11.8 Å². The first-order valence-electron chi connectivity index (χ1n) is 7.52. The lowest BCUT2D eigenvalue weighted by atomic mass is 10.2. The van der Waals surface area contributed by atoms with E-state index in [9.17, 15) is 4.79 Å². The quantitative estimate of drug-likeness (QED) is 0.786. The fourth-order valence-electron chi connectivity index (χ4n) is 2.49. The van der Waals surface area contributed by atoms with E-state index in [1.807, 2.05) is 36.4 Å². The van der Waals surface area contributed by atoms with Crippen LogP contribution in [0.25, 0.3) is 0 Å². The summed E-state index contributed by atoms with van der Waals surface area (Å²) in [4.78, 5) is 15.4. The zero-order valence-corrected chi connectivity index (χ0v) is 14.1. The molecule has 1 unspecified atom stereocenters. The lowest BCUT2D eigenvalue weighted by Gasteiger charge is -2.09. The van der Waals surface area contributed by atoms with Crippen molar-refractivity contribution < 1.29 is 9.53 Å². The summed E-state index contributed by atoms with van der Waals surface area (Å²) in [5, 5.41) is 3.03.